The first-order valence-corrected chi connectivity index (χ1v) is 10.3. The van der Waals surface area contributed by atoms with E-state index in [0.29, 0.717) is 17.2 Å². The van der Waals surface area contributed by atoms with E-state index >= 15 is 0 Å². The highest BCUT2D eigenvalue weighted by Gasteiger charge is 2.23. The van der Waals surface area contributed by atoms with Crippen LogP contribution in [-0.2, 0) is 10.0 Å². The molecule has 0 aromatic heterocycles. The number of aryl methyl sites for hydroxylation is 1. The van der Waals surface area contributed by atoms with Crippen LogP contribution in [0.3, 0.4) is 0 Å². The summed E-state index contributed by atoms with van der Waals surface area (Å²) in [6.45, 7) is 1.93. The van der Waals surface area contributed by atoms with Crippen LogP contribution in [0.2, 0.25) is 0 Å². The number of hydrogen-bond donors (Lipinski definition) is 0. The van der Waals surface area contributed by atoms with Crippen LogP contribution in [0.1, 0.15) is 15.9 Å². The van der Waals surface area contributed by atoms with Gasteiger partial charge in [-0.3, -0.25) is 4.31 Å². The summed E-state index contributed by atoms with van der Waals surface area (Å²) in [6, 6.07) is 19.5. The number of carbonyl (C=O) groups excluding carboxylic acids is 1. The number of sulfonamides is 1. The van der Waals surface area contributed by atoms with E-state index in [1.165, 1.54) is 38.4 Å². The van der Waals surface area contributed by atoms with Crippen molar-refractivity contribution in [3.63, 3.8) is 0 Å². The standard InChI is InChI=1S/C22H21NO5S/c1-16-7-11-20(12-8-16)28-22(24)17-5-4-6-21(15-17)29(25,26)23(2)18-9-13-19(27-3)14-10-18/h4-15H,1-3H3. The number of benzene rings is 3. The molecule has 3 rings (SSSR count). The van der Waals surface area contributed by atoms with Crippen LogP contribution in [-0.4, -0.2) is 28.5 Å². The highest BCUT2D eigenvalue weighted by molar-refractivity contribution is 7.92. The molecule has 0 atom stereocenters. The number of nitrogens with zero attached hydrogens (tertiary/aromatic N) is 1. The predicted octanol–water partition coefficient (Wildman–Crippen LogP) is 4.05. The molecule has 0 amide bonds. The van der Waals surface area contributed by atoms with Crippen LogP contribution >= 0.6 is 0 Å². The molecule has 3 aromatic rings. The van der Waals surface area contributed by atoms with Crippen LogP contribution in [0, 0.1) is 6.92 Å². The molecule has 0 heterocycles. The molecule has 3 aromatic carbocycles. The van der Waals surface area contributed by atoms with Crippen LogP contribution in [0.25, 0.3) is 0 Å². The maximum atomic E-state index is 13.0. The molecule has 0 saturated heterocycles. The van der Waals surface area contributed by atoms with Crippen molar-refractivity contribution in [2.24, 2.45) is 0 Å². The molecule has 0 aliphatic heterocycles. The van der Waals surface area contributed by atoms with Crippen molar-refractivity contribution in [3.05, 3.63) is 83.9 Å². The fraction of sp³-hybridized carbons (Fsp3) is 0.136. The molecule has 150 valence electrons. The van der Waals surface area contributed by atoms with Gasteiger partial charge in [0.05, 0.1) is 23.3 Å². The van der Waals surface area contributed by atoms with Gasteiger partial charge in [-0.1, -0.05) is 23.8 Å². The van der Waals surface area contributed by atoms with E-state index in [-0.39, 0.29) is 10.5 Å². The molecule has 7 heteroatoms. The minimum atomic E-state index is -3.86. The Morgan fingerprint density at radius 1 is 0.897 bits per heavy atom. The average Bonchev–Trinajstić information content (AvgIpc) is 2.75. The van der Waals surface area contributed by atoms with Crippen LogP contribution in [0.5, 0.6) is 11.5 Å². The van der Waals surface area contributed by atoms with E-state index in [1.54, 1.807) is 36.4 Å². The van der Waals surface area contributed by atoms with Gasteiger partial charge in [-0.05, 0) is 61.5 Å². The molecule has 0 fully saturated rings. The largest absolute Gasteiger partial charge is 0.497 e. The number of rotatable bonds is 6. The zero-order valence-corrected chi connectivity index (χ0v) is 17.1. The van der Waals surface area contributed by atoms with Gasteiger partial charge < -0.3 is 9.47 Å². The molecule has 0 aliphatic carbocycles. The van der Waals surface area contributed by atoms with Crippen molar-refractivity contribution in [2.75, 3.05) is 18.5 Å². The zero-order valence-electron chi connectivity index (χ0n) is 16.3. The van der Waals surface area contributed by atoms with Crippen LogP contribution in [0.15, 0.2) is 77.7 Å². The average molecular weight is 411 g/mol. The van der Waals surface area contributed by atoms with Gasteiger partial charge in [0.1, 0.15) is 11.5 Å². The van der Waals surface area contributed by atoms with E-state index in [2.05, 4.69) is 0 Å². The lowest BCUT2D eigenvalue weighted by Crippen LogP contribution is -2.26. The summed E-state index contributed by atoms with van der Waals surface area (Å²) in [7, 11) is -0.870. The Hall–Kier alpha value is -3.32. The lowest BCUT2D eigenvalue weighted by molar-refractivity contribution is 0.0734. The molecular formula is C22H21NO5S. The minimum Gasteiger partial charge on any atom is -0.497 e. The Bertz CT molecular complexity index is 1110. The fourth-order valence-electron chi connectivity index (χ4n) is 2.64. The molecule has 0 radical (unpaired) electrons. The monoisotopic (exact) mass is 411 g/mol. The molecular weight excluding hydrogens is 390 g/mol. The van der Waals surface area contributed by atoms with Crippen molar-refractivity contribution < 1.29 is 22.7 Å². The molecule has 0 unspecified atom stereocenters. The number of hydrogen-bond acceptors (Lipinski definition) is 5. The molecule has 0 saturated carbocycles. The van der Waals surface area contributed by atoms with Crippen LogP contribution in [0.4, 0.5) is 5.69 Å². The third kappa shape index (κ3) is 4.57. The number of esters is 1. The summed E-state index contributed by atoms with van der Waals surface area (Å²) >= 11 is 0. The summed E-state index contributed by atoms with van der Waals surface area (Å²) in [6.07, 6.45) is 0. The topological polar surface area (TPSA) is 72.9 Å². The molecule has 6 nitrogen and oxygen atoms in total. The Balaban J connectivity index is 1.84. The quantitative estimate of drug-likeness (QED) is 0.452. The summed E-state index contributed by atoms with van der Waals surface area (Å²) < 4.78 is 37.6. The van der Waals surface area contributed by atoms with E-state index in [4.69, 9.17) is 9.47 Å². The van der Waals surface area contributed by atoms with E-state index < -0.39 is 16.0 Å². The summed E-state index contributed by atoms with van der Waals surface area (Å²) in [5, 5.41) is 0. The second-order valence-corrected chi connectivity index (χ2v) is 8.37. The van der Waals surface area contributed by atoms with Crippen molar-refractivity contribution in [1.29, 1.82) is 0 Å². The fourth-order valence-corrected chi connectivity index (χ4v) is 3.89. The van der Waals surface area contributed by atoms with Gasteiger partial charge in [0.25, 0.3) is 10.0 Å². The van der Waals surface area contributed by atoms with Gasteiger partial charge in [-0.25, -0.2) is 13.2 Å². The lowest BCUT2D eigenvalue weighted by atomic mass is 10.2. The van der Waals surface area contributed by atoms with Gasteiger partial charge in [-0.2, -0.15) is 0 Å². The third-order valence-electron chi connectivity index (χ3n) is 4.40. The van der Waals surface area contributed by atoms with Gasteiger partial charge >= 0.3 is 5.97 Å². The Labute approximate surface area is 170 Å². The van der Waals surface area contributed by atoms with Gasteiger partial charge in [-0.15, -0.1) is 0 Å². The second-order valence-electron chi connectivity index (χ2n) is 6.40. The van der Waals surface area contributed by atoms with Crippen molar-refractivity contribution >= 4 is 21.7 Å². The number of ether oxygens (including phenoxy) is 2. The van der Waals surface area contributed by atoms with Gasteiger partial charge in [0.15, 0.2) is 0 Å². The number of anilines is 1. The Kier molecular flexibility index (Phi) is 5.89. The molecule has 29 heavy (non-hydrogen) atoms. The van der Waals surface area contributed by atoms with Gasteiger partial charge in [0.2, 0.25) is 0 Å². The first-order valence-electron chi connectivity index (χ1n) is 8.83. The Morgan fingerprint density at radius 3 is 2.14 bits per heavy atom. The van der Waals surface area contributed by atoms with E-state index in [9.17, 15) is 13.2 Å². The molecule has 0 aliphatic rings. The second kappa shape index (κ2) is 8.36. The summed E-state index contributed by atoms with van der Waals surface area (Å²) in [5.74, 6) is 0.391. The molecule has 0 bridgehead atoms. The van der Waals surface area contributed by atoms with Crippen molar-refractivity contribution in [1.82, 2.24) is 0 Å². The highest BCUT2D eigenvalue weighted by Crippen LogP contribution is 2.25. The summed E-state index contributed by atoms with van der Waals surface area (Å²) in [4.78, 5) is 12.4. The lowest BCUT2D eigenvalue weighted by Gasteiger charge is -2.20. The van der Waals surface area contributed by atoms with E-state index in [0.717, 1.165) is 9.87 Å². The zero-order chi connectivity index (χ0) is 21.0. The maximum absolute atomic E-state index is 13.0. The first kappa shape index (κ1) is 20.4. The summed E-state index contributed by atoms with van der Waals surface area (Å²) in [5.41, 5.74) is 1.66. The number of methoxy groups -OCH3 is 1. The first-order chi connectivity index (χ1) is 13.8. The molecule has 0 spiro atoms. The predicted molar refractivity (Wildman–Crippen MR) is 111 cm³/mol. The minimum absolute atomic E-state index is 0.00539. The molecule has 0 N–H and O–H groups in total. The normalized spacial score (nSPS) is 11.0. The van der Waals surface area contributed by atoms with Gasteiger partial charge in [0, 0.05) is 7.05 Å². The number of carbonyl (C=O) groups is 1. The maximum Gasteiger partial charge on any atom is 0.343 e. The third-order valence-corrected chi connectivity index (χ3v) is 6.18. The smallest absolute Gasteiger partial charge is 0.343 e. The van der Waals surface area contributed by atoms with Crippen molar-refractivity contribution in [3.8, 4) is 11.5 Å². The van der Waals surface area contributed by atoms with Crippen molar-refractivity contribution in [2.45, 2.75) is 11.8 Å². The van der Waals surface area contributed by atoms with E-state index in [1.807, 2.05) is 19.1 Å². The highest BCUT2D eigenvalue weighted by atomic mass is 32.2. The Morgan fingerprint density at radius 2 is 1.52 bits per heavy atom. The van der Waals surface area contributed by atoms with Crippen LogP contribution < -0.4 is 13.8 Å². The SMILES string of the molecule is COc1ccc(N(C)S(=O)(=O)c2cccc(C(=O)Oc3ccc(C)cc3)c2)cc1.